The first kappa shape index (κ1) is 16.2. The van der Waals surface area contributed by atoms with E-state index in [0.29, 0.717) is 26.2 Å². The number of carbonyl (C=O) groups is 1. The van der Waals surface area contributed by atoms with Gasteiger partial charge in [0.05, 0.1) is 5.69 Å². The number of para-hydroxylation sites is 1. The van der Waals surface area contributed by atoms with Gasteiger partial charge in [0, 0.05) is 37.9 Å². The van der Waals surface area contributed by atoms with Gasteiger partial charge < -0.3 is 15.1 Å². The molecule has 1 fully saturated rings. The van der Waals surface area contributed by atoms with Crippen LogP contribution in [0.3, 0.4) is 0 Å². The third kappa shape index (κ3) is 3.48. The van der Waals surface area contributed by atoms with Gasteiger partial charge in [0.25, 0.3) is 0 Å². The van der Waals surface area contributed by atoms with Gasteiger partial charge in [0.15, 0.2) is 0 Å². The van der Waals surface area contributed by atoms with Gasteiger partial charge in [-0.15, -0.1) is 0 Å². The zero-order valence-corrected chi connectivity index (χ0v) is 13.4. The van der Waals surface area contributed by atoms with Crippen molar-refractivity contribution in [2.24, 2.45) is 0 Å². The molecule has 1 aliphatic heterocycles. The van der Waals surface area contributed by atoms with Crippen LogP contribution in [0, 0.1) is 18.6 Å². The number of carbonyl (C=O) groups excluding carboxylic acids is 1. The fourth-order valence-electron chi connectivity index (χ4n) is 2.85. The summed E-state index contributed by atoms with van der Waals surface area (Å²) in [6.07, 6.45) is 0. The molecule has 0 spiro atoms. The number of anilines is 2. The summed E-state index contributed by atoms with van der Waals surface area (Å²) in [5, 5.41) is 2.50. The van der Waals surface area contributed by atoms with Crippen molar-refractivity contribution in [3.63, 3.8) is 0 Å². The van der Waals surface area contributed by atoms with Gasteiger partial charge in [-0.25, -0.2) is 13.6 Å². The van der Waals surface area contributed by atoms with Crippen LogP contribution < -0.4 is 10.2 Å². The zero-order chi connectivity index (χ0) is 17.1. The van der Waals surface area contributed by atoms with Crippen LogP contribution in [0.5, 0.6) is 0 Å². The van der Waals surface area contributed by atoms with Crippen molar-refractivity contribution in [1.29, 1.82) is 0 Å². The third-order valence-electron chi connectivity index (χ3n) is 4.20. The Bertz CT molecular complexity index is 743. The Kier molecular flexibility index (Phi) is 4.64. The number of hydrogen-bond donors (Lipinski definition) is 1. The first-order valence-corrected chi connectivity index (χ1v) is 7.86. The Balaban J connectivity index is 1.60. The quantitative estimate of drug-likeness (QED) is 0.912. The van der Waals surface area contributed by atoms with E-state index in [1.807, 2.05) is 12.1 Å². The molecule has 126 valence electrons. The normalized spacial score (nSPS) is 14.6. The predicted octanol–water partition coefficient (Wildman–Crippen LogP) is 3.63. The van der Waals surface area contributed by atoms with Crippen LogP contribution in [0.1, 0.15) is 5.56 Å². The van der Waals surface area contributed by atoms with E-state index >= 15 is 0 Å². The smallest absolute Gasteiger partial charge is 0.322 e. The third-order valence-corrected chi connectivity index (χ3v) is 4.20. The number of piperazine rings is 1. The highest BCUT2D eigenvalue weighted by molar-refractivity contribution is 5.89. The Hall–Kier alpha value is -2.63. The Morgan fingerprint density at radius 1 is 1.04 bits per heavy atom. The predicted molar refractivity (Wildman–Crippen MR) is 90.3 cm³/mol. The molecule has 2 amide bonds. The van der Waals surface area contributed by atoms with E-state index in [-0.39, 0.29) is 11.7 Å². The fourth-order valence-corrected chi connectivity index (χ4v) is 2.85. The molecule has 1 N–H and O–H groups in total. The molecule has 0 aromatic heterocycles. The van der Waals surface area contributed by atoms with Crippen LogP contribution in [0.4, 0.5) is 25.0 Å². The second kappa shape index (κ2) is 6.86. The second-order valence-electron chi connectivity index (χ2n) is 5.81. The SMILES string of the molecule is Cc1ccccc1N1CCN(C(=O)Nc2ccc(F)cc2F)CC1. The summed E-state index contributed by atoms with van der Waals surface area (Å²) in [6, 6.07) is 10.9. The summed E-state index contributed by atoms with van der Waals surface area (Å²) in [4.78, 5) is 16.1. The van der Waals surface area contributed by atoms with Crippen molar-refractivity contribution in [3.8, 4) is 0 Å². The molecule has 1 aliphatic rings. The molecule has 2 aromatic carbocycles. The lowest BCUT2D eigenvalue weighted by Crippen LogP contribution is -2.50. The lowest BCUT2D eigenvalue weighted by Gasteiger charge is -2.36. The number of benzene rings is 2. The van der Waals surface area contributed by atoms with Gasteiger partial charge in [-0.2, -0.15) is 0 Å². The van der Waals surface area contributed by atoms with Crippen LogP contribution in [0.25, 0.3) is 0 Å². The minimum atomic E-state index is -0.776. The van der Waals surface area contributed by atoms with E-state index in [4.69, 9.17) is 0 Å². The Morgan fingerprint density at radius 2 is 1.75 bits per heavy atom. The number of hydrogen-bond acceptors (Lipinski definition) is 2. The highest BCUT2D eigenvalue weighted by Gasteiger charge is 2.22. The summed E-state index contributed by atoms with van der Waals surface area (Å²) in [6.45, 7) is 4.58. The summed E-state index contributed by atoms with van der Waals surface area (Å²) in [7, 11) is 0. The fraction of sp³-hybridized carbons (Fsp3) is 0.278. The molecule has 24 heavy (non-hydrogen) atoms. The number of nitrogens with zero attached hydrogens (tertiary/aromatic N) is 2. The van der Waals surface area contributed by atoms with Crippen LogP contribution in [0.2, 0.25) is 0 Å². The highest BCUT2D eigenvalue weighted by atomic mass is 19.1. The van der Waals surface area contributed by atoms with Gasteiger partial charge in [-0.1, -0.05) is 18.2 Å². The minimum absolute atomic E-state index is 0.0114. The average Bonchev–Trinajstić information content (AvgIpc) is 2.58. The van der Waals surface area contributed by atoms with Crippen molar-refractivity contribution >= 4 is 17.4 Å². The Labute approximate surface area is 139 Å². The van der Waals surface area contributed by atoms with Crippen LogP contribution in [-0.2, 0) is 0 Å². The molecular formula is C18H19F2N3O. The van der Waals surface area contributed by atoms with E-state index in [2.05, 4.69) is 29.3 Å². The van der Waals surface area contributed by atoms with Gasteiger partial charge >= 0.3 is 6.03 Å². The van der Waals surface area contributed by atoms with Gasteiger partial charge in [-0.3, -0.25) is 0 Å². The van der Waals surface area contributed by atoms with E-state index in [1.54, 1.807) is 4.90 Å². The molecule has 0 radical (unpaired) electrons. The highest BCUT2D eigenvalue weighted by Crippen LogP contribution is 2.21. The number of halogens is 2. The standard InChI is InChI=1S/C18H19F2N3O/c1-13-4-2-3-5-17(13)22-8-10-23(11-9-22)18(24)21-16-7-6-14(19)12-15(16)20/h2-7,12H,8-11H2,1H3,(H,21,24). The monoisotopic (exact) mass is 331 g/mol. The maximum absolute atomic E-state index is 13.6. The van der Waals surface area contributed by atoms with E-state index in [0.717, 1.165) is 12.1 Å². The van der Waals surface area contributed by atoms with E-state index in [9.17, 15) is 13.6 Å². The second-order valence-corrected chi connectivity index (χ2v) is 5.81. The van der Waals surface area contributed by atoms with Crippen molar-refractivity contribution in [2.45, 2.75) is 6.92 Å². The van der Waals surface area contributed by atoms with Gasteiger partial charge in [0.1, 0.15) is 11.6 Å². The minimum Gasteiger partial charge on any atom is -0.368 e. The zero-order valence-electron chi connectivity index (χ0n) is 13.4. The topological polar surface area (TPSA) is 35.6 Å². The molecule has 0 bridgehead atoms. The van der Waals surface area contributed by atoms with Gasteiger partial charge in [-0.05, 0) is 30.7 Å². The average molecular weight is 331 g/mol. The van der Waals surface area contributed by atoms with E-state index in [1.165, 1.54) is 17.3 Å². The first-order chi connectivity index (χ1) is 11.5. The van der Waals surface area contributed by atoms with Gasteiger partial charge in [0.2, 0.25) is 0 Å². The molecule has 0 atom stereocenters. The van der Waals surface area contributed by atoms with Crippen molar-refractivity contribution in [1.82, 2.24) is 4.90 Å². The molecule has 4 nitrogen and oxygen atoms in total. The number of rotatable bonds is 2. The summed E-state index contributed by atoms with van der Waals surface area (Å²) in [5.74, 6) is -1.45. The molecule has 2 aromatic rings. The van der Waals surface area contributed by atoms with Crippen LogP contribution in [-0.4, -0.2) is 37.1 Å². The van der Waals surface area contributed by atoms with Crippen molar-refractivity contribution in [3.05, 3.63) is 59.7 Å². The summed E-state index contributed by atoms with van der Waals surface area (Å²) in [5.41, 5.74) is 2.36. The maximum atomic E-state index is 13.6. The molecular weight excluding hydrogens is 312 g/mol. The van der Waals surface area contributed by atoms with Crippen molar-refractivity contribution < 1.29 is 13.6 Å². The van der Waals surface area contributed by atoms with Crippen LogP contribution in [0.15, 0.2) is 42.5 Å². The number of amides is 2. The molecule has 3 rings (SSSR count). The van der Waals surface area contributed by atoms with Crippen LogP contribution >= 0.6 is 0 Å². The molecule has 0 saturated carbocycles. The Morgan fingerprint density at radius 3 is 2.42 bits per heavy atom. The molecule has 1 saturated heterocycles. The molecule has 6 heteroatoms. The lowest BCUT2D eigenvalue weighted by molar-refractivity contribution is 0.208. The molecule has 0 aliphatic carbocycles. The summed E-state index contributed by atoms with van der Waals surface area (Å²) >= 11 is 0. The maximum Gasteiger partial charge on any atom is 0.322 e. The van der Waals surface area contributed by atoms with Crippen molar-refractivity contribution in [2.75, 3.05) is 36.4 Å². The number of aryl methyl sites for hydroxylation is 1. The first-order valence-electron chi connectivity index (χ1n) is 7.86. The lowest BCUT2D eigenvalue weighted by atomic mass is 10.1. The van der Waals surface area contributed by atoms with E-state index < -0.39 is 11.6 Å². The molecule has 1 heterocycles. The number of nitrogens with one attached hydrogen (secondary N) is 1. The number of urea groups is 1. The largest absolute Gasteiger partial charge is 0.368 e. The molecule has 0 unspecified atom stereocenters. The summed E-state index contributed by atoms with van der Waals surface area (Å²) < 4.78 is 26.5.